The molecule has 2 amide bonds. The van der Waals surface area contributed by atoms with Crippen LogP contribution in [0.3, 0.4) is 0 Å². The number of rotatable bonds is 3. The van der Waals surface area contributed by atoms with Crippen LogP contribution in [0.15, 0.2) is 29.6 Å². The maximum absolute atomic E-state index is 12.8. The van der Waals surface area contributed by atoms with Gasteiger partial charge in [-0.3, -0.25) is 9.59 Å². The van der Waals surface area contributed by atoms with E-state index in [1.165, 1.54) is 16.9 Å². The second-order valence-corrected chi connectivity index (χ2v) is 8.36. The van der Waals surface area contributed by atoms with Gasteiger partial charge in [-0.25, -0.2) is 4.98 Å². The van der Waals surface area contributed by atoms with Gasteiger partial charge in [-0.1, -0.05) is 29.8 Å². The normalized spacial score (nSPS) is 18.1. The predicted octanol–water partition coefficient (Wildman–Crippen LogP) is 3.59. The first-order valence-corrected chi connectivity index (χ1v) is 10.6. The van der Waals surface area contributed by atoms with Crippen LogP contribution in [0.2, 0.25) is 0 Å². The molecule has 0 spiro atoms. The van der Waals surface area contributed by atoms with Crippen LogP contribution in [0.1, 0.15) is 41.7 Å². The highest BCUT2D eigenvalue weighted by molar-refractivity contribution is 7.13. The molecule has 2 aliphatic heterocycles. The van der Waals surface area contributed by atoms with Crippen molar-refractivity contribution in [3.05, 3.63) is 40.9 Å². The van der Waals surface area contributed by atoms with Crippen molar-refractivity contribution in [2.45, 2.75) is 32.6 Å². The van der Waals surface area contributed by atoms with Crippen molar-refractivity contribution in [1.82, 2.24) is 14.8 Å². The van der Waals surface area contributed by atoms with Gasteiger partial charge in [0.1, 0.15) is 10.7 Å². The quantitative estimate of drug-likeness (QED) is 0.814. The Labute approximate surface area is 164 Å². The van der Waals surface area contributed by atoms with Gasteiger partial charge in [0.2, 0.25) is 5.91 Å². The number of hydrogen-bond donors (Lipinski definition) is 0. The van der Waals surface area contributed by atoms with Crippen molar-refractivity contribution in [3.63, 3.8) is 0 Å². The average molecular weight is 384 g/mol. The minimum atomic E-state index is -0.0170. The lowest BCUT2D eigenvalue weighted by Gasteiger charge is -2.32. The van der Waals surface area contributed by atoms with Crippen LogP contribution in [0.4, 0.5) is 0 Å². The monoisotopic (exact) mass is 383 g/mol. The lowest BCUT2D eigenvalue weighted by atomic mass is 9.95. The third-order valence-corrected chi connectivity index (χ3v) is 6.46. The summed E-state index contributed by atoms with van der Waals surface area (Å²) in [5, 5.41) is 2.72. The number of aryl methyl sites for hydroxylation is 1. The van der Waals surface area contributed by atoms with E-state index in [4.69, 9.17) is 0 Å². The molecule has 0 saturated carbocycles. The Kier molecular flexibility index (Phi) is 5.25. The van der Waals surface area contributed by atoms with Crippen molar-refractivity contribution >= 4 is 23.2 Å². The SMILES string of the molecule is Cc1ccc(-c2nc(C(=O)N3CCC(C(=O)N4CCCC4)CC3)cs2)cc1. The third-order valence-electron chi connectivity index (χ3n) is 5.57. The number of carbonyl (C=O) groups is 2. The maximum atomic E-state index is 12.8. The Morgan fingerprint density at radius 1 is 1.00 bits per heavy atom. The topological polar surface area (TPSA) is 53.5 Å². The lowest BCUT2D eigenvalue weighted by Crippen LogP contribution is -2.43. The molecule has 2 aliphatic rings. The number of nitrogens with zero attached hydrogens (tertiary/aromatic N) is 3. The highest BCUT2D eigenvalue weighted by atomic mass is 32.1. The summed E-state index contributed by atoms with van der Waals surface area (Å²) in [6.45, 7) is 5.14. The summed E-state index contributed by atoms with van der Waals surface area (Å²) in [5.41, 5.74) is 2.76. The van der Waals surface area contributed by atoms with Crippen LogP contribution in [0, 0.1) is 12.8 Å². The van der Waals surface area contributed by atoms with E-state index in [1.54, 1.807) is 0 Å². The fourth-order valence-corrected chi connectivity index (χ4v) is 4.69. The first kappa shape index (κ1) is 18.2. The van der Waals surface area contributed by atoms with Gasteiger partial charge in [0.05, 0.1) is 0 Å². The molecule has 2 fully saturated rings. The zero-order valence-electron chi connectivity index (χ0n) is 15.7. The summed E-state index contributed by atoms with van der Waals surface area (Å²) in [7, 11) is 0. The molecule has 0 aliphatic carbocycles. The Hall–Kier alpha value is -2.21. The van der Waals surface area contributed by atoms with Crippen molar-refractivity contribution in [2.75, 3.05) is 26.2 Å². The van der Waals surface area contributed by atoms with Crippen LogP contribution in [-0.4, -0.2) is 52.8 Å². The van der Waals surface area contributed by atoms with Gasteiger partial charge in [0.25, 0.3) is 5.91 Å². The summed E-state index contributed by atoms with van der Waals surface area (Å²) in [5.74, 6) is 0.345. The Morgan fingerprint density at radius 2 is 1.67 bits per heavy atom. The molecule has 0 unspecified atom stereocenters. The molecule has 2 aromatic rings. The number of carbonyl (C=O) groups excluding carboxylic acids is 2. The predicted molar refractivity (Wildman–Crippen MR) is 107 cm³/mol. The molecule has 1 aromatic heterocycles. The first-order valence-electron chi connectivity index (χ1n) is 9.72. The van der Waals surface area contributed by atoms with Crippen LogP contribution in [-0.2, 0) is 4.79 Å². The van der Waals surface area contributed by atoms with Crippen LogP contribution < -0.4 is 0 Å². The molecule has 5 nitrogen and oxygen atoms in total. The molecule has 1 aromatic carbocycles. The number of aromatic nitrogens is 1. The molecule has 6 heteroatoms. The standard InChI is InChI=1S/C21H25N3O2S/c1-15-4-6-16(7-5-15)19-22-18(14-27-19)21(26)24-12-8-17(9-13-24)20(25)23-10-2-3-11-23/h4-7,14,17H,2-3,8-13H2,1H3. The molecule has 0 radical (unpaired) electrons. The van der Waals surface area contributed by atoms with Crippen molar-refractivity contribution in [1.29, 1.82) is 0 Å². The second-order valence-electron chi connectivity index (χ2n) is 7.50. The van der Waals surface area contributed by atoms with Crippen LogP contribution >= 0.6 is 11.3 Å². The largest absolute Gasteiger partial charge is 0.342 e. The summed E-state index contributed by atoms with van der Waals surface area (Å²) >= 11 is 1.50. The van der Waals surface area contributed by atoms with Gasteiger partial charge in [0, 0.05) is 43.0 Å². The third kappa shape index (κ3) is 3.90. The summed E-state index contributed by atoms with van der Waals surface area (Å²) in [6.07, 6.45) is 3.76. The van der Waals surface area contributed by atoms with E-state index in [9.17, 15) is 9.59 Å². The van der Waals surface area contributed by atoms with E-state index in [1.807, 2.05) is 27.3 Å². The molecular formula is C21H25N3O2S. The van der Waals surface area contributed by atoms with Gasteiger partial charge in [-0.15, -0.1) is 11.3 Å². The smallest absolute Gasteiger partial charge is 0.273 e. The van der Waals surface area contributed by atoms with Gasteiger partial charge < -0.3 is 9.80 Å². The van der Waals surface area contributed by atoms with E-state index in [-0.39, 0.29) is 17.7 Å². The van der Waals surface area contributed by atoms with Crippen LogP contribution in [0.25, 0.3) is 10.6 Å². The maximum Gasteiger partial charge on any atom is 0.273 e. The fourth-order valence-electron chi connectivity index (χ4n) is 3.89. The molecule has 0 atom stereocenters. The fraction of sp³-hybridized carbons (Fsp3) is 0.476. The van der Waals surface area contributed by atoms with Gasteiger partial charge in [-0.05, 0) is 32.6 Å². The summed E-state index contributed by atoms with van der Waals surface area (Å²) in [6, 6.07) is 8.19. The number of amides is 2. The van der Waals surface area contributed by atoms with E-state index in [2.05, 4.69) is 24.0 Å². The molecule has 0 N–H and O–H groups in total. The van der Waals surface area contributed by atoms with Gasteiger partial charge >= 0.3 is 0 Å². The highest BCUT2D eigenvalue weighted by Crippen LogP contribution is 2.26. The molecule has 3 heterocycles. The average Bonchev–Trinajstić information content (AvgIpc) is 3.40. The number of hydrogen-bond acceptors (Lipinski definition) is 4. The number of benzene rings is 1. The minimum Gasteiger partial charge on any atom is -0.342 e. The van der Waals surface area contributed by atoms with Crippen LogP contribution in [0.5, 0.6) is 0 Å². The number of piperidine rings is 1. The molecule has 4 rings (SSSR count). The molecular weight excluding hydrogens is 358 g/mol. The van der Waals surface area contributed by atoms with E-state index >= 15 is 0 Å². The van der Waals surface area contributed by atoms with E-state index in [0.717, 1.165) is 49.3 Å². The second kappa shape index (κ2) is 7.80. The molecule has 0 bridgehead atoms. The Balaban J connectivity index is 1.37. The Morgan fingerprint density at radius 3 is 2.33 bits per heavy atom. The lowest BCUT2D eigenvalue weighted by molar-refractivity contribution is -0.135. The number of likely N-dealkylation sites (tertiary alicyclic amines) is 2. The van der Waals surface area contributed by atoms with E-state index in [0.29, 0.717) is 18.8 Å². The first-order chi connectivity index (χ1) is 13.1. The van der Waals surface area contributed by atoms with E-state index < -0.39 is 0 Å². The molecule has 2 saturated heterocycles. The van der Waals surface area contributed by atoms with Crippen molar-refractivity contribution in [3.8, 4) is 10.6 Å². The summed E-state index contributed by atoms with van der Waals surface area (Å²) in [4.78, 5) is 33.7. The molecule has 27 heavy (non-hydrogen) atoms. The zero-order valence-corrected chi connectivity index (χ0v) is 16.5. The summed E-state index contributed by atoms with van der Waals surface area (Å²) < 4.78 is 0. The Bertz CT molecular complexity index is 816. The van der Waals surface area contributed by atoms with Gasteiger partial charge in [0.15, 0.2) is 0 Å². The minimum absolute atomic E-state index is 0.0170. The number of thiazole rings is 1. The van der Waals surface area contributed by atoms with Gasteiger partial charge in [-0.2, -0.15) is 0 Å². The highest BCUT2D eigenvalue weighted by Gasteiger charge is 2.32. The molecule has 142 valence electrons. The van der Waals surface area contributed by atoms with Crippen molar-refractivity contribution in [2.24, 2.45) is 5.92 Å². The zero-order chi connectivity index (χ0) is 18.8. The van der Waals surface area contributed by atoms with Crippen molar-refractivity contribution < 1.29 is 9.59 Å².